The number of hydrogen-bond acceptors (Lipinski definition) is 7. The van der Waals surface area contributed by atoms with Crippen LogP contribution in [0.4, 0.5) is 5.69 Å². The first-order valence-corrected chi connectivity index (χ1v) is 7.89. The van der Waals surface area contributed by atoms with Crippen molar-refractivity contribution < 1.29 is 14.3 Å². The van der Waals surface area contributed by atoms with Crippen LogP contribution >= 0.6 is 11.3 Å². The molecule has 1 aromatic carbocycles. The van der Waals surface area contributed by atoms with Gasteiger partial charge in [0.25, 0.3) is 0 Å². The van der Waals surface area contributed by atoms with E-state index >= 15 is 0 Å². The molecule has 3 rings (SSSR count). The van der Waals surface area contributed by atoms with Gasteiger partial charge < -0.3 is 10.1 Å². The first-order valence-electron chi connectivity index (χ1n) is 6.95. The molecule has 1 amide bonds. The Morgan fingerprint density at radius 2 is 2.12 bits per heavy atom. The number of anilines is 1. The van der Waals surface area contributed by atoms with Crippen molar-refractivity contribution in [2.45, 2.75) is 6.54 Å². The molecule has 0 bridgehead atoms. The lowest BCUT2D eigenvalue weighted by Crippen LogP contribution is -2.22. The molecule has 122 valence electrons. The van der Waals surface area contributed by atoms with Crippen molar-refractivity contribution in [3.8, 4) is 11.4 Å². The molecule has 9 heteroatoms. The van der Waals surface area contributed by atoms with Crippen molar-refractivity contribution in [2.75, 3.05) is 12.4 Å². The minimum atomic E-state index is -0.524. The smallest absolute Gasteiger partial charge is 0.339 e. The van der Waals surface area contributed by atoms with Gasteiger partial charge in [0.1, 0.15) is 6.54 Å². The number of para-hydroxylation sites is 1. The molecular weight excluding hydrogens is 330 g/mol. The van der Waals surface area contributed by atoms with Crippen LogP contribution in [0.1, 0.15) is 10.4 Å². The molecule has 0 radical (unpaired) electrons. The number of rotatable bonds is 5. The second-order valence-corrected chi connectivity index (χ2v) is 5.52. The van der Waals surface area contributed by atoms with Crippen LogP contribution in [0.25, 0.3) is 11.4 Å². The number of carbonyl (C=O) groups excluding carboxylic acids is 2. The molecule has 1 N–H and O–H groups in total. The van der Waals surface area contributed by atoms with Crippen molar-refractivity contribution in [3.63, 3.8) is 0 Å². The molecule has 0 aliphatic rings. The third-order valence-corrected chi connectivity index (χ3v) is 3.81. The first-order chi connectivity index (χ1) is 11.7. The highest BCUT2D eigenvalue weighted by molar-refractivity contribution is 7.08. The van der Waals surface area contributed by atoms with Gasteiger partial charge in [0.05, 0.1) is 18.4 Å². The number of methoxy groups -OCH3 is 1. The normalized spacial score (nSPS) is 10.4. The molecule has 2 aromatic heterocycles. The Hall–Kier alpha value is -3.07. The van der Waals surface area contributed by atoms with Gasteiger partial charge in [0.15, 0.2) is 0 Å². The van der Waals surface area contributed by atoms with Crippen LogP contribution in [0.15, 0.2) is 41.1 Å². The molecule has 3 aromatic rings. The highest BCUT2D eigenvalue weighted by Crippen LogP contribution is 2.17. The highest BCUT2D eigenvalue weighted by atomic mass is 32.1. The second-order valence-electron chi connectivity index (χ2n) is 4.74. The maximum absolute atomic E-state index is 12.2. The van der Waals surface area contributed by atoms with Crippen LogP contribution in [0, 0.1) is 0 Å². The quantitative estimate of drug-likeness (QED) is 0.710. The lowest BCUT2D eigenvalue weighted by molar-refractivity contribution is -0.117. The molecule has 0 atom stereocenters. The molecule has 0 unspecified atom stereocenters. The number of tetrazole rings is 1. The SMILES string of the molecule is COC(=O)c1ccccc1NC(=O)Cn1nnc(-c2ccsc2)n1. The molecular formula is C15H13N5O3S. The van der Waals surface area contributed by atoms with Gasteiger partial charge in [-0.15, -0.1) is 10.2 Å². The van der Waals surface area contributed by atoms with Crippen LogP contribution in [-0.4, -0.2) is 39.2 Å². The Balaban J connectivity index is 1.70. The van der Waals surface area contributed by atoms with Crippen LogP contribution in [-0.2, 0) is 16.1 Å². The highest BCUT2D eigenvalue weighted by Gasteiger charge is 2.14. The Labute approximate surface area is 141 Å². The molecule has 2 heterocycles. The minimum Gasteiger partial charge on any atom is -0.465 e. The van der Waals surface area contributed by atoms with Gasteiger partial charge in [-0.05, 0) is 28.8 Å². The van der Waals surface area contributed by atoms with E-state index in [1.807, 2.05) is 16.8 Å². The van der Waals surface area contributed by atoms with Crippen molar-refractivity contribution >= 4 is 28.9 Å². The lowest BCUT2D eigenvalue weighted by Gasteiger charge is -2.08. The fraction of sp³-hybridized carbons (Fsp3) is 0.133. The number of aromatic nitrogens is 4. The van der Waals surface area contributed by atoms with Crippen LogP contribution in [0.5, 0.6) is 0 Å². The molecule has 0 fully saturated rings. The average Bonchev–Trinajstić information content (AvgIpc) is 3.25. The van der Waals surface area contributed by atoms with Gasteiger partial charge >= 0.3 is 5.97 Å². The summed E-state index contributed by atoms with van der Waals surface area (Å²) in [4.78, 5) is 25.0. The fourth-order valence-electron chi connectivity index (χ4n) is 2.02. The Kier molecular flexibility index (Phi) is 4.62. The summed E-state index contributed by atoms with van der Waals surface area (Å²) in [6, 6.07) is 8.47. The number of carbonyl (C=O) groups is 2. The summed E-state index contributed by atoms with van der Waals surface area (Å²) >= 11 is 1.53. The van der Waals surface area contributed by atoms with E-state index in [9.17, 15) is 9.59 Å². The largest absolute Gasteiger partial charge is 0.465 e. The molecule has 0 aliphatic carbocycles. The third-order valence-electron chi connectivity index (χ3n) is 3.12. The number of esters is 1. The number of nitrogens with one attached hydrogen (secondary N) is 1. The van der Waals surface area contributed by atoms with Gasteiger partial charge in [-0.3, -0.25) is 4.79 Å². The molecule has 0 spiro atoms. The zero-order valence-electron chi connectivity index (χ0n) is 12.7. The number of amides is 1. The number of thiophene rings is 1. The number of hydrogen-bond donors (Lipinski definition) is 1. The Morgan fingerprint density at radius 3 is 2.88 bits per heavy atom. The van der Waals surface area contributed by atoms with Gasteiger partial charge in [-0.1, -0.05) is 12.1 Å². The van der Waals surface area contributed by atoms with Crippen molar-refractivity contribution in [3.05, 3.63) is 46.7 Å². The summed E-state index contributed by atoms with van der Waals surface area (Å²) < 4.78 is 4.69. The summed E-state index contributed by atoms with van der Waals surface area (Å²) in [5.41, 5.74) is 1.49. The first kappa shape index (κ1) is 15.8. The van der Waals surface area contributed by atoms with Crippen LogP contribution in [0.2, 0.25) is 0 Å². The standard InChI is InChI=1S/C15H13N5O3S/c1-23-15(22)11-4-2-3-5-12(11)16-13(21)8-20-18-14(17-19-20)10-6-7-24-9-10/h2-7,9H,8H2,1H3,(H,16,21). The number of benzene rings is 1. The van der Waals surface area contributed by atoms with Crippen molar-refractivity contribution in [1.82, 2.24) is 20.2 Å². The minimum absolute atomic E-state index is 0.118. The van der Waals surface area contributed by atoms with Gasteiger partial charge in [0.2, 0.25) is 11.7 Å². The number of nitrogens with zero attached hydrogens (tertiary/aromatic N) is 4. The lowest BCUT2D eigenvalue weighted by atomic mass is 10.2. The van der Waals surface area contributed by atoms with E-state index in [0.717, 1.165) is 5.56 Å². The predicted molar refractivity (Wildman–Crippen MR) is 87.5 cm³/mol. The summed E-state index contributed by atoms with van der Waals surface area (Å²) in [5, 5.41) is 18.4. The van der Waals surface area contributed by atoms with E-state index in [2.05, 4.69) is 20.7 Å². The molecule has 0 aliphatic heterocycles. The summed E-state index contributed by atoms with van der Waals surface area (Å²) in [5.74, 6) is -0.441. The zero-order valence-corrected chi connectivity index (χ0v) is 13.5. The zero-order chi connectivity index (χ0) is 16.9. The molecule has 0 saturated heterocycles. The Bertz CT molecular complexity index is 860. The van der Waals surface area contributed by atoms with E-state index in [4.69, 9.17) is 4.74 Å². The summed E-state index contributed by atoms with van der Waals surface area (Å²) in [6.07, 6.45) is 0. The molecule has 24 heavy (non-hydrogen) atoms. The van der Waals surface area contributed by atoms with E-state index in [0.29, 0.717) is 11.5 Å². The van der Waals surface area contributed by atoms with Gasteiger partial charge in [-0.2, -0.15) is 16.1 Å². The van der Waals surface area contributed by atoms with Gasteiger partial charge in [-0.25, -0.2) is 4.79 Å². The predicted octanol–water partition coefficient (Wildman–Crippen LogP) is 1.83. The topological polar surface area (TPSA) is 99.0 Å². The van der Waals surface area contributed by atoms with E-state index < -0.39 is 5.97 Å². The third kappa shape index (κ3) is 3.46. The maximum atomic E-state index is 12.2. The Morgan fingerprint density at radius 1 is 1.29 bits per heavy atom. The number of ether oxygens (including phenoxy) is 1. The van der Waals surface area contributed by atoms with E-state index in [1.165, 1.54) is 23.2 Å². The average molecular weight is 343 g/mol. The van der Waals surface area contributed by atoms with Gasteiger partial charge in [0, 0.05) is 10.9 Å². The summed E-state index contributed by atoms with van der Waals surface area (Å²) in [7, 11) is 1.28. The van der Waals surface area contributed by atoms with Crippen molar-refractivity contribution in [1.29, 1.82) is 0 Å². The fourth-order valence-corrected chi connectivity index (χ4v) is 2.65. The van der Waals surface area contributed by atoms with E-state index in [1.54, 1.807) is 24.3 Å². The second kappa shape index (κ2) is 7.01. The molecule has 8 nitrogen and oxygen atoms in total. The van der Waals surface area contributed by atoms with Crippen LogP contribution in [0.3, 0.4) is 0 Å². The van der Waals surface area contributed by atoms with Crippen LogP contribution < -0.4 is 5.32 Å². The monoisotopic (exact) mass is 343 g/mol. The van der Waals surface area contributed by atoms with Crippen molar-refractivity contribution in [2.24, 2.45) is 0 Å². The maximum Gasteiger partial charge on any atom is 0.339 e. The summed E-state index contributed by atoms with van der Waals surface area (Å²) in [6.45, 7) is -0.118. The van der Waals surface area contributed by atoms with E-state index in [-0.39, 0.29) is 18.0 Å². The molecule has 0 saturated carbocycles.